The number of fused-ring (bicyclic) bond motifs is 1. The first-order valence-electron chi connectivity index (χ1n) is 9.98. The maximum absolute atomic E-state index is 12.3. The van der Waals surface area contributed by atoms with Crippen LogP contribution in [-0.2, 0) is 11.3 Å². The summed E-state index contributed by atoms with van der Waals surface area (Å²) in [6.45, 7) is 3.39. The average Bonchev–Trinajstić information content (AvgIpc) is 3.21. The summed E-state index contributed by atoms with van der Waals surface area (Å²) in [5, 5.41) is 1.03. The minimum absolute atomic E-state index is 0. The second-order valence-electron chi connectivity index (χ2n) is 7.28. The SMILES string of the molecule is CCC/C=C1/SC(=O)N(CCCCSc2cccc3ncc(CN(C)C)n23)C1=O.Cl.Cl. The Hall–Kier alpha value is -1.19. The fourth-order valence-electron chi connectivity index (χ4n) is 3.17. The number of aromatic nitrogens is 2. The molecule has 6 nitrogen and oxygen atoms in total. The molecule has 1 saturated heterocycles. The van der Waals surface area contributed by atoms with Gasteiger partial charge in [0, 0.05) is 13.1 Å². The largest absolute Gasteiger partial charge is 0.304 e. The molecule has 0 spiro atoms. The predicted octanol–water partition coefficient (Wildman–Crippen LogP) is 5.49. The van der Waals surface area contributed by atoms with Crippen molar-refractivity contribution in [2.24, 2.45) is 0 Å². The number of imidazole rings is 1. The van der Waals surface area contributed by atoms with Crippen LogP contribution < -0.4 is 0 Å². The molecule has 0 N–H and O–H groups in total. The van der Waals surface area contributed by atoms with Gasteiger partial charge in [0.2, 0.25) is 0 Å². The van der Waals surface area contributed by atoms with Gasteiger partial charge in [-0.05, 0) is 63.0 Å². The molecule has 2 amide bonds. The zero-order valence-corrected chi connectivity index (χ0v) is 21.3. The van der Waals surface area contributed by atoms with E-state index in [4.69, 9.17) is 0 Å². The number of allylic oxidation sites excluding steroid dienone is 1. The van der Waals surface area contributed by atoms with Crippen molar-refractivity contribution in [3.8, 4) is 0 Å². The smallest absolute Gasteiger partial charge is 0.293 e. The van der Waals surface area contributed by atoms with Crippen LogP contribution in [0.5, 0.6) is 0 Å². The fourth-order valence-corrected chi connectivity index (χ4v) is 5.11. The van der Waals surface area contributed by atoms with Crippen LogP contribution in [0.2, 0.25) is 0 Å². The summed E-state index contributed by atoms with van der Waals surface area (Å²) >= 11 is 2.86. The van der Waals surface area contributed by atoms with Gasteiger partial charge in [-0.25, -0.2) is 4.98 Å². The summed E-state index contributed by atoms with van der Waals surface area (Å²) in [7, 11) is 4.11. The van der Waals surface area contributed by atoms with Gasteiger partial charge in [0.1, 0.15) is 5.65 Å². The Bertz CT molecular complexity index is 918. The third-order valence-corrected chi connectivity index (χ3v) is 6.63. The van der Waals surface area contributed by atoms with Crippen molar-refractivity contribution in [3.05, 3.63) is 41.1 Å². The maximum Gasteiger partial charge on any atom is 0.293 e. The second kappa shape index (κ2) is 13.4. The number of hydrogen-bond acceptors (Lipinski definition) is 6. The van der Waals surface area contributed by atoms with E-state index in [2.05, 4.69) is 41.4 Å². The highest BCUT2D eigenvalue weighted by Crippen LogP contribution is 2.31. The molecule has 2 aromatic heterocycles. The van der Waals surface area contributed by atoms with Crippen molar-refractivity contribution in [1.29, 1.82) is 0 Å². The third kappa shape index (κ3) is 7.15. The highest BCUT2D eigenvalue weighted by atomic mass is 35.5. The number of carbonyl (C=O) groups excluding carboxylic acids is 2. The lowest BCUT2D eigenvalue weighted by Gasteiger charge is -2.13. The number of hydrogen-bond donors (Lipinski definition) is 0. The van der Waals surface area contributed by atoms with Crippen molar-refractivity contribution < 1.29 is 9.59 Å². The Kier molecular flexibility index (Phi) is 12.0. The third-order valence-electron chi connectivity index (χ3n) is 4.56. The zero-order chi connectivity index (χ0) is 20.8. The molecule has 31 heavy (non-hydrogen) atoms. The first kappa shape index (κ1) is 27.8. The van der Waals surface area contributed by atoms with Crippen LogP contribution in [0.4, 0.5) is 4.79 Å². The van der Waals surface area contributed by atoms with E-state index in [0.29, 0.717) is 11.4 Å². The standard InChI is InChI=1S/C21H28N4O2S2.2ClH/c1-4-5-9-17-20(26)24(21(27)29-17)12-6-7-13-28-19-11-8-10-18-22-14-16(25(18)19)15-23(2)3;;/h8-11,14H,4-7,12-13,15H2,1-3H3;2*1H/b17-9+;;. The van der Waals surface area contributed by atoms with E-state index >= 15 is 0 Å². The lowest BCUT2D eigenvalue weighted by atomic mass is 10.3. The highest BCUT2D eigenvalue weighted by molar-refractivity contribution is 8.18. The van der Waals surface area contributed by atoms with Gasteiger partial charge in [-0.15, -0.1) is 36.6 Å². The Morgan fingerprint density at radius 1 is 1.19 bits per heavy atom. The van der Waals surface area contributed by atoms with Crippen molar-refractivity contribution in [2.75, 3.05) is 26.4 Å². The number of unbranched alkanes of at least 4 members (excludes halogenated alkanes) is 2. The number of carbonyl (C=O) groups is 2. The number of thioether (sulfide) groups is 2. The number of nitrogens with zero attached hydrogens (tertiary/aromatic N) is 4. The number of amides is 2. The van der Waals surface area contributed by atoms with E-state index in [9.17, 15) is 9.59 Å². The molecule has 172 valence electrons. The van der Waals surface area contributed by atoms with Crippen LogP contribution in [0.25, 0.3) is 5.65 Å². The van der Waals surface area contributed by atoms with E-state index in [-0.39, 0.29) is 36.0 Å². The van der Waals surface area contributed by atoms with Gasteiger partial charge in [-0.3, -0.25) is 18.9 Å². The molecule has 0 radical (unpaired) electrons. The quantitative estimate of drug-likeness (QED) is 0.242. The molecule has 3 heterocycles. The molecule has 2 aromatic rings. The van der Waals surface area contributed by atoms with Crippen molar-refractivity contribution in [3.63, 3.8) is 0 Å². The van der Waals surface area contributed by atoms with E-state index < -0.39 is 0 Å². The van der Waals surface area contributed by atoms with Gasteiger partial charge < -0.3 is 4.90 Å². The van der Waals surface area contributed by atoms with Gasteiger partial charge >= 0.3 is 0 Å². The topological polar surface area (TPSA) is 57.9 Å². The Morgan fingerprint density at radius 3 is 2.68 bits per heavy atom. The van der Waals surface area contributed by atoms with Crippen LogP contribution in [-0.4, -0.2) is 56.7 Å². The van der Waals surface area contributed by atoms with Crippen LogP contribution in [0, 0.1) is 0 Å². The Labute approximate surface area is 205 Å². The van der Waals surface area contributed by atoms with Gasteiger partial charge in [0.05, 0.1) is 21.8 Å². The molecule has 0 bridgehead atoms. The van der Waals surface area contributed by atoms with Crippen molar-refractivity contribution in [2.45, 2.75) is 44.2 Å². The van der Waals surface area contributed by atoms with Gasteiger partial charge in [0.25, 0.3) is 11.1 Å². The monoisotopic (exact) mass is 504 g/mol. The molecule has 1 fully saturated rings. The molecule has 0 aromatic carbocycles. The van der Waals surface area contributed by atoms with Gasteiger partial charge in [-0.1, -0.05) is 25.5 Å². The summed E-state index contributed by atoms with van der Waals surface area (Å²) in [6, 6.07) is 6.18. The molecular weight excluding hydrogens is 475 g/mol. The molecule has 0 aliphatic carbocycles. The molecular formula is C21H30Cl2N4O2S2. The minimum atomic E-state index is -0.137. The number of rotatable bonds is 10. The van der Waals surface area contributed by atoms with Gasteiger partial charge in [-0.2, -0.15) is 0 Å². The average molecular weight is 506 g/mol. The number of pyridine rings is 1. The molecule has 10 heteroatoms. The van der Waals surface area contributed by atoms with Crippen LogP contribution in [0.1, 0.15) is 38.3 Å². The maximum atomic E-state index is 12.3. The fraction of sp³-hybridized carbons (Fsp3) is 0.476. The van der Waals surface area contributed by atoms with E-state index in [1.807, 2.05) is 24.4 Å². The normalized spacial score (nSPS) is 15.1. The van der Waals surface area contributed by atoms with Crippen molar-refractivity contribution in [1.82, 2.24) is 19.2 Å². The summed E-state index contributed by atoms with van der Waals surface area (Å²) in [5.74, 6) is 0.804. The second-order valence-corrected chi connectivity index (χ2v) is 9.39. The van der Waals surface area contributed by atoms with Gasteiger partial charge in [0.15, 0.2) is 0 Å². The van der Waals surface area contributed by atoms with Crippen LogP contribution >= 0.6 is 48.3 Å². The molecule has 0 atom stereocenters. The first-order chi connectivity index (χ1) is 14.0. The van der Waals surface area contributed by atoms with Crippen LogP contribution in [0.15, 0.2) is 40.4 Å². The number of halogens is 2. The zero-order valence-electron chi connectivity index (χ0n) is 18.1. The predicted molar refractivity (Wildman–Crippen MR) is 135 cm³/mol. The minimum Gasteiger partial charge on any atom is -0.304 e. The Balaban J connectivity index is 0.00000240. The van der Waals surface area contributed by atoms with E-state index in [1.165, 1.54) is 15.6 Å². The summed E-state index contributed by atoms with van der Waals surface area (Å²) < 4.78 is 2.21. The molecule has 1 aliphatic rings. The van der Waals surface area contributed by atoms with E-state index in [1.54, 1.807) is 11.8 Å². The van der Waals surface area contributed by atoms with Crippen molar-refractivity contribution >= 4 is 65.1 Å². The van der Waals surface area contributed by atoms with E-state index in [0.717, 1.165) is 55.4 Å². The summed E-state index contributed by atoms with van der Waals surface area (Å²) in [6.07, 6.45) is 7.39. The first-order valence-corrected chi connectivity index (χ1v) is 11.8. The molecule has 3 rings (SSSR count). The molecule has 1 aliphatic heterocycles. The lowest BCUT2D eigenvalue weighted by molar-refractivity contribution is -0.122. The Morgan fingerprint density at radius 2 is 1.97 bits per heavy atom. The molecule has 0 saturated carbocycles. The lowest BCUT2D eigenvalue weighted by Crippen LogP contribution is -2.29. The summed E-state index contributed by atoms with van der Waals surface area (Å²) in [5.41, 5.74) is 2.13. The van der Waals surface area contributed by atoms with Crippen LogP contribution in [0.3, 0.4) is 0 Å². The highest BCUT2D eigenvalue weighted by Gasteiger charge is 2.34. The molecule has 0 unspecified atom stereocenters. The number of imide groups is 1. The summed E-state index contributed by atoms with van der Waals surface area (Å²) in [4.78, 5) is 33.1.